The number of benzene rings is 2. The van der Waals surface area contributed by atoms with Gasteiger partial charge in [0.1, 0.15) is 18.5 Å². The van der Waals surface area contributed by atoms with Crippen molar-refractivity contribution in [3.63, 3.8) is 0 Å². The molecule has 0 aliphatic heterocycles. The first-order valence-corrected chi connectivity index (χ1v) is 8.82. The number of nitrogens with one attached hydrogen (secondary N) is 2. The van der Waals surface area contributed by atoms with Gasteiger partial charge in [-0.3, -0.25) is 4.79 Å². The molecule has 0 saturated heterocycles. The van der Waals surface area contributed by atoms with Crippen molar-refractivity contribution in [3.8, 4) is 5.69 Å². The van der Waals surface area contributed by atoms with E-state index in [-0.39, 0.29) is 17.9 Å². The SMILES string of the molecule is CC(C)[C@@H](NC(=O)c1ccc(-n2cncn2)cc1)c1nc2ccccc2[nH]1. The van der Waals surface area contributed by atoms with Crippen LogP contribution in [-0.2, 0) is 0 Å². The highest BCUT2D eigenvalue weighted by atomic mass is 16.1. The highest BCUT2D eigenvalue weighted by molar-refractivity contribution is 5.94. The van der Waals surface area contributed by atoms with E-state index >= 15 is 0 Å². The number of hydrogen-bond donors (Lipinski definition) is 2. The van der Waals surface area contributed by atoms with Crippen LogP contribution in [0, 0.1) is 5.92 Å². The minimum atomic E-state index is -0.208. The van der Waals surface area contributed by atoms with E-state index in [1.54, 1.807) is 23.1 Å². The Labute approximate surface area is 156 Å². The van der Waals surface area contributed by atoms with Gasteiger partial charge in [-0.15, -0.1) is 0 Å². The second-order valence-corrected chi connectivity index (χ2v) is 6.72. The van der Waals surface area contributed by atoms with Gasteiger partial charge in [-0.2, -0.15) is 5.10 Å². The standard InChI is InChI=1S/C20H20N6O/c1-13(2)18(19-23-16-5-3-4-6-17(16)24-19)25-20(27)14-7-9-15(10-8-14)26-12-21-11-22-26/h3-13,18H,1-2H3,(H,23,24)(H,25,27)/t18-/m1/s1. The van der Waals surface area contributed by atoms with E-state index in [0.29, 0.717) is 5.56 Å². The summed E-state index contributed by atoms with van der Waals surface area (Å²) in [5.74, 6) is 0.807. The predicted octanol–water partition coefficient (Wildman–Crippen LogP) is 3.27. The second kappa shape index (κ2) is 7.03. The molecular weight excluding hydrogens is 340 g/mol. The third-order valence-corrected chi connectivity index (χ3v) is 4.47. The Kier molecular flexibility index (Phi) is 4.42. The number of hydrogen-bond acceptors (Lipinski definition) is 4. The molecule has 0 fully saturated rings. The average molecular weight is 360 g/mol. The molecule has 0 saturated carbocycles. The molecule has 27 heavy (non-hydrogen) atoms. The Morgan fingerprint density at radius 3 is 2.56 bits per heavy atom. The lowest BCUT2D eigenvalue weighted by atomic mass is 10.0. The first-order valence-electron chi connectivity index (χ1n) is 8.82. The van der Waals surface area contributed by atoms with Crippen LogP contribution in [0.15, 0.2) is 61.2 Å². The van der Waals surface area contributed by atoms with Crippen LogP contribution in [-0.4, -0.2) is 30.6 Å². The van der Waals surface area contributed by atoms with Crippen molar-refractivity contribution in [1.82, 2.24) is 30.0 Å². The van der Waals surface area contributed by atoms with Crippen LogP contribution >= 0.6 is 0 Å². The summed E-state index contributed by atoms with van der Waals surface area (Å²) in [4.78, 5) is 24.6. The van der Waals surface area contributed by atoms with Crippen molar-refractivity contribution in [3.05, 3.63) is 72.6 Å². The van der Waals surface area contributed by atoms with Crippen molar-refractivity contribution in [2.75, 3.05) is 0 Å². The third kappa shape index (κ3) is 3.44. The zero-order chi connectivity index (χ0) is 18.8. The number of carbonyl (C=O) groups excluding carboxylic acids is 1. The number of fused-ring (bicyclic) bond motifs is 1. The van der Waals surface area contributed by atoms with Gasteiger partial charge >= 0.3 is 0 Å². The summed E-state index contributed by atoms with van der Waals surface area (Å²) in [6.45, 7) is 4.12. The number of imidazole rings is 1. The zero-order valence-corrected chi connectivity index (χ0v) is 15.1. The summed E-state index contributed by atoms with van der Waals surface area (Å²) in [5.41, 5.74) is 3.29. The molecule has 7 heteroatoms. The maximum absolute atomic E-state index is 12.8. The highest BCUT2D eigenvalue weighted by Gasteiger charge is 2.22. The molecule has 7 nitrogen and oxygen atoms in total. The van der Waals surface area contributed by atoms with Gasteiger partial charge in [-0.05, 0) is 42.3 Å². The molecule has 0 spiro atoms. The molecule has 2 aromatic carbocycles. The lowest BCUT2D eigenvalue weighted by Crippen LogP contribution is -2.32. The number of aromatic nitrogens is 5. The van der Waals surface area contributed by atoms with Gasteiger partial charge in [0.2, 0.25) is 0 Å². The smallest absolute Gasteiger partial charge is 0.251 e. The van der Waals surface area contributed by atoms with Gasteiger partial charge < -0.3 is 10.3 Å². The van der Waals surface area contributed by atoms with E-state index in [9.17, 15) is 4.79 Å². The van der Waals surface area contributed by atoms with Crippen LogP contribution in [0.4, 0.5) is 0 Å². The van der Waals surface area contributed by atoms with Gasteiger partial charge in [0.05, 0.1) is 22.8 Å². The second-order valence-electron chi connectivity index (χ2n) is 6.72. The van der Waals surface area contributed by atoms with Gasteiger partial charge in [0.15, 0.2) is 0 Å². The molecule has 136 valence electrons. The van der Waals surface area contributed by atoms with E-state index in [0.717, 1.165) is 22.5 Å². The lowest BCUT2D eigenvalue weighted by molar-refractivity contribution is 0.0923. The third-order valence-electron chi connectivity index (χ3n) is 4.47. The van der Waals surface area contributed by atoms with E-state index in [1.807, 2.05) is 36.4 Å². The maximum Gasteiger partial charge on any atom is 0.251 e. The highest BCUT2D eigenvalue weighted by Crippen LogP contribution is 2.22. The molecule has 1 atom stereocenters. The molecule has 4 aromatic rings. The Morgan fingerprint density at radius 1 is 1.11 bits per heavy atom. The fraction of sp³-hybridized carbons (Fsp3) is 0.200. The Morgan fingerprint density at radius 2 is 1.89 bits per heavy atom. The summed E-state index contributed by atoms with van der Waals surface area (Å²) in [5, 5.41) is 7.18. The molecule has 2 heterocycles. The Hall–Kier alpha value is -3.48. The lowest BCUT2D eigenvalue weighted by Gasteiger charge is -2.20. The normalized spacial score (nSPS) is 12.4. The Bertz CT molecular complexity index is 1020. The molecule has 1 amide bonds. The van der Waals surface area contributed by atoms with E-state index in [4.69, 9.17) is 0 Å². The molecular formula is C20H20N6O. The van der Waals surface area contributed by atoms with Crippen molar-refractivity contribution in [2.45, 2.75) is 19.9 Å². The summed E-state index contributed by atoms with van der Waals surface area (Å²) in [7, 11) is 0. The minimum absolute atomic E-state index is 0.140. The largest absolute Gasteiger partial charge is 0.342 e. The molecule has 2 N–H and O–H groups in total. The summed E-state index contributed by atoms with van der Waals surface area (Å²) in [6, 6.07) is 14.9. The van der Waals surface area contributed by atoms with Crippen LogP contribution in [0.5, 0.6) is 0 Å². The molecule has 0 aliphatic rings. The number of amides is 1. The molecule has 0 radical (unpaired) electrons. The number of nitrogens with zero attached hydrogens (tertiary/aromatic N) is 4. The van der Waals surface area contributed by atoms with Crippen molar-refractivity contribution in [2.24, 2.45) is 5.92 Å². The molecule has 0 unspecified atom stereocenters. The van der Waals surface area contributed by atoms with Crippen LogP contribution in [0.1, 0.15) is 36.1 Å². The first-order chi connectivity index (χ1) is 13.1. The van der Waals surface area contributed by atoms with Crippen molar-refractivity contribution >= 4 is 16.9 Å². The van der Waals surface area contributed by atoms with E-state index < -0.39 is 0 Å². The number of H-pyrrole nitrogens is 1. The quantitative estimate of drug-likeness (QED) is 0.572. The fourth-order valence-electron chi connectivity index (χ4n) is 3.00. The monoisotopic (exact) mass is 360 g/mol. The topological polar surface area (TPSA) is 88.5 Å². The minimum Gasteiger partial charge on any atom is -0.342 e. The summed E-state index contributed by atoms with van der Waals surface area (Å²) < 4.78 is 1.65. The zero-order valence-electron chi connectivity index (χ0n) is 15.1. The molecule has 0 bridgehead atoms. The average Bonchev–Trinajstić information content (AvgIpc) is 3.35. The van der Waals surface area contributed by atoms with Crippen LogP contribution in [0.25, 0.3) is 16.7 Å². The van der Waals surface area contributed by atoms with Crippen molar-refractivity contribution in [1.29, 1.82) is 0 Å². The van der Waals surface area contributed by atoms with E-state index in [1.165, 1.54) is 6.33 Å². The van der Waals surface area contributed by atoms with Crippen LogP contribution < -0.4 is 5.32 Å². The van der Waals surface area contributed by atoms with Crippen molar-refractivity contribution < 1.29 is 4.79 Å². The van der Waals surface area contributed by atoms with E-state index in [2.05, 4.69) is 39.2 Å². The Balaban J connectivity index is 1.55. The van der Waals surface area contributed by atoms with Gasteiger partial charge in [-0.25, -0.2) is 14.6 Å². The number of rotatable bonds is 5. The summed E-state index contributed by atoms with van der Waals surface area (Å²) >= 11 is 0. The fourth-order valence-corrected chi connectivity index (χ4v) is 3.00. The van der Waals surface area contributed by atoms with Crippen LogP contribution in [0.3, 0.4) is 0 Å². The van der Waals surface area contributed by atoms with Gasteiger partial charge in [-0.1, -0.05) is 26.0 Å². The maximum atomic E-state index is 12.8. The molecule has 0 aliphatic carbocycles. The molecule has 2 aromatic heterocycles. The van der Waals surface area contributed by atoms with Gasteiger partial charge in [0.25, 0.3) is 5.91 Å². The number of aromatic amines is 1. The first kappa shape index (κ1) is 17.0. The van der Waals surface area contributed by atoms with Crippen LogP contribution in [0.2, 0.25) is 0 Å². The number of para-hydroxylation sites is 2. The molecule has 4 rings (SSSR count). The number of carbonyl (C=O) groups is 1. The summed E-state index contributed by atoms with van der Waals surface area (Å²) in [6.07, 6.45) is 3.09. The predicted molar refractivity (Wildman–Crippen MR) is 102 cm³/mol. The van der Waals surface area contributed by atoms with Gasteiger partial charge in [0, 0.05) is 5.56 Å².